The van der Waals surface area contributed by atoms with E-state index in [2.05, 4.69) is 21.6 Å². The van der Waals surface area contributed by atoms with Crippen molar-refractivity contribution in [3.63, 3.8) is 0 Å². The number of nitrogens with one attached hydrogen (secondary N) is 1. The van der Waals surface area contributed by atoms with Crippen LogP contribution in [0, 0.1) is 6.92 Å². The predicted octanol–water partition coefficient (Wildman–Crippen LogP) is 4.06. The fourth-order valence-corrected chi connectivity index (χ4v) is 2.85. The first-order valence-corrected chi connectivity index (χ1v) is 7.37. The molecule has 3 aromatic rings. The summed E-state index contributed by atoms with van der Waals surface area (Å²) >= 11 is 1.61. The molecule has 5 heteroatoms. The number of para-hydroxylation sites is 1. The summed E-state index contributed by atoms with van der Waals surface area (Å²) in [5, 5.41) is 5.12. The van der Waals surface area contributed by atoms with Crippen molar-refractivity contribution in [2.75, 3.05) is 12.5 Å². The molecule has 0 unspecified atom stereocenters. The van der Waals surface area contributed by atoms with Crippen LogP contribution in [-0.4, -0.2) is 18.3 Å². The third kappa shape index (κ3) is 3.03. The number of hydrazone groups is 1. The molecule has 4 nitrogen and oxygen atoms in total. The Balaban J connectivity index is 1.79. The Morgan fingerprint density at radius 2 is 2.10 bits per heavy atom. The van der Waals surface area contributed by atoms with Crippen molar-refractivity contribution in [2.45, 2.75) is 6.92 Å². The molecule has 0 saturated carbocycles. The number of benzene rings is 2. The second-order valence-electron chi connectivity index (χ2n) is 4.59. The molecule has 0 aliphatic rings. The molecule has 0 aliphatic carbocycles. The Hall–Kier alpha value is -2.40. The standard InChI is InChI=1S/C16H15N3OS/c1-11-7-8-14(20-2)13(9-11)19-17-10-16-18-12-5-3-4-6-15(12)21-16/h3-10,19H,1-2H3/b17-10+. The molecular formula is C16H15N3OS. The molecule has 1 heterocycles. The number of aryl methyl sites for hydroxylation is 1. The van der Waals surface area contributed by atoms with Gasteiger partial charge in [-0.2, -0.15) is 5.10 Å². The van der Waals surface area contributed by atoms with E-state index in [1.165, 1.54) is 0 Å². The lowest BCUT2D eigenvalue weighted by Gasteiger charge is -2.07. The van der Waals surface area contributed by atoms with Crippen molar-refractivity contribution in [1.29, 1.82) is 0 Å². The van der Waals surface area contributed by atoms with Gasteiger partial charge >= 0.3 is 0 Å². The van der Waals surface area contributed by atoms with Gasteiger partial charge in [-0.05, 0) is 36.8 Å². The summed E-state index contributed by atoms with van der Waals surface area (Å²) < 4.78 is 6.46. The van der Waals surface area contributed by atoms with Crippen LogP contribution in [0.15, 0.2) is 47.6 Å². The molecule has 0 fully saturated rings. The van der Waals surface area contributed by atoms with E-state index >= 15 is 0 Å². The highest BCUT2D eigenvalue weighted by Gasteiger charge is 2.02. The van der Waals surface area contributed by atoms with E-state index in [4.69, 9.17) is 4.74 Å². The van der Waals surface area contributed by atoms with Gasteiger partial charge in [-0.3, -0.25) is 5.43 Å². The lowest BCUT2D eigenvalue weighted by Crippen LogP contribution is -1.95. The molecule has 1 N–H and O–H groups in total. The first-order chi connectivity index (χ1) is 10.3. The van der Waals surface area contributed by atoms with Gasteiger partial charge < -0.3 is 4.74 Å². The molecule has 0 atom stereocenters. The molecule has 0 spiro atoms. The maximum Gasteiger partial charge on any atom is 0.143 e. The van der Waals surface area contributed by atoms with Gasteiger partial charge in [-0.1, -0.05) is 18.2 Å². The molecule has 0 saturated heterocycles. The summed E-state index contributed by atoms with van der Waals surface area (Å²) in [6.07, 6.45) is 1.73. The first-order valence-electron chi connectivity index (χ1n) is 6.55. The average Bonchev–Trinajstić information content (AvgIpc) is 2.90. The Bertz CT molecular complexity index is 762. The summed E-state index contributed by atoms with van der Waals surface area (Å²) in [6.45, 7) is 2.03. The van der Waals surface area contributed by atoms with Crippen LogP contribution in [0.1, 0.15) is 10.6 Å². The van der Waals surface area contributed by atoms with Crippen LogP contribution in [-0.2, 0) is 0 Å². The van der Waals surface area contributed by atoms with Crippen LogP contribution in [0.2, 0.25) is 0 Å². The molecular weight excluding hydrogens is 282 g/mol. The average molecular weight is 297 g/mol. The van der Waals surface area contributed by atoms with E-state index in [9.17, 15) is 0 Å². The summed E-state index contributed by atoms with van der Waals surface area (Å²) in [7, 11) is 1.65. The lowest BCUT2D eigenvalue weighted by atomic mass is 10.2. The zero-order valence-corrected chi connectivity index (χ0v) is 12.6. The molecule has 106 valence electrons. The SMILES string of the molecule is COc1ccc(C)cc1N/N=C/c1nc2ccccc2s1. The van der Waals surface area contributed by atoms with E-state index < -0.39 is 0 Å². The Labute approximate surface area is 127 Å². The van der Waals surface area contributed by atoms with Gasteiger partial charge in [0.05, 0.1) is 29.2 Å². The van der Waals surface area contributed by atoms with Crippen LogP contribution in [0.5, 0.6) is 5.75 Å². The monoisotopic (exact) mass is 297 g/mol. The van der Waals surface area contributed by atoms with Crippen LogP contribution in [0.4, 0.5) is 5.69 Å². The summed E-state index contributed by atoms with van der Waals surface area (Å²) in [5.74, 6) is 0.766. The number of rotatable bonds is 4. The van der Waals surface area contributed by atoms with Crippen molar-refractivity contribution in [3.8, 4) is 5.75 Å². The van der Waals surface area contributed by atoms with Gasteiger partial charge in [0, 0.05) is 0 Å². The molecule has 1 aromatic heterocycles. The Morgan fingerprint density at radius 1 is 1.24 bits per heavy atom. The van der Waals surface area contributed by atoms with Crippen LogP contribution in [0.3, 0.4) is 0 Å². The Kier molecular flexibility index (Phi) is 3.83. The molecule has 21 heavy (non-hydrogen) atoms. The number of nitrogens with zero attached hydrogens (tertiary/aromatic N) is 2. The lowest BCUT2D eigenvalue weighted by molar-refractivity contribution is 0.416. The minimum absolute atomic E-state index is 0.766. The fraction of sp³-hybridized carbons (Fsp3) is 0.125. The van der Waals surface area contributed by atoms with Crippen molar-refractivity contribution >= 4 is 33.5 Å². The summed E-state index contributed by atoms with van der Waals surface area (Å²) in [5.41, 5.74) is 6.00. The van der Waals surface area contributed by atoms with Gasteiger partial charge in [-0.15, -0.1) is 11.3 Å². The molecule has 0 amide bonds. The number of hydrogen-bond acceptors (Lipinski definition) is 5. The smallest absolute Gasteiger partial charge is 0.143 e. The van der Waals surface area contributed by atoms with Gasteiger partial charge in [-0.25, -0.2) is 4.98 Å². The quantitative estimate of drug-likeness (QED) is 0.583. The fourth-order valence-electron chi connectivity index (χ4n) is 2.01. The third-order valence-electron chi connectivity index (χ3n) is 3.03. The van der Waals surface area contributed by atoms with Crippen LogP contribution >= 0.6 is 11.3 Å². The summed E-state index contributed by atoms with van der Waals surface area (Å²) in [4.78, 5) is 4.50. The molecule has 0 aliphatic heterocycles. The number of aromatic nitrogens is 1. The highest BCUT2D eigenvalue weighted by molar-refractivity contribution is 7.20. The van der Waals surface area contributed by atoms with E-state index in [-0.39, 0.29) is 0 Å². The van der Waals surface area contributed by atoms with Gasteiger partial charge in [0.15, 0.2) is 0 Å². The van der Waals surface area contributed by atoms with Gasteiger partial charge in [0.2, 0.25) is 0 Å². The van der Waals surface area contributed by atoms with Crippen molar-refractivity contribution in [2.24, 2.45) is 5.10 Å². The van der Waals surface area contributed by atoms with Crippen LogP contribution in [0.25, 0.3) is 10.2 Å². The van der Waals surface area contributed by atoms with Crippen molar-refractivity contribution in [1.82, 2.24) is 4.98 Å². The number of methoxy groups -OCH3 is 1. The summed E-state index contributed by atoms with van der Waals surface area (Å²) in [6, 6.07) is 14.0. The van der Waals surface area contributed by atoms with E-state index in [1.54, 1.807) is 24.7 Å². The highest BCUT2D eigenvalue weighted by Crippen LogP contribution is 2.25. The molecule has 2 aromatic carbocycles. The normalized spacial score (nSPS) is 11.1. The zero-order chi connectivity index (χ0) is 14.7. The number of thiazole rings is 1. The maximum absolute atomic E-state index is 5.30. The first kappa shape index (κ1) is 13.6. The third-order valence-corrected chi connectivity index (χ3v) is 4.00. The van der Waals surface area contributed by atoms with Gasteiger partial charge in [0.1, 0.15) is 10.8 Å². The zero-order valence-electron chi connectivity index (χ0n) is 11.8. The van der Waals surface area contributed by atoms with Crippen LogP contribution < -0.4 is 10.2 Å². The Morgan fingerprint density at radius 3 is 2.90 bits per heavy atom. The predicted molar refractivity (Wildman–Crippen MR) is 88.6 cm³/mol. The second kappa shape index (κ2) is 5.93. The molecule has 3 rings (SSSR count). The minimum atomic E-state index is 0.766. The van der Waals surface area contributed by atoms with Crippen molar-refractivity contribution in [3.05, 3.63) is 53.0 Å². The largest absolute Gasteiger partial charge is 0.495 e. The van der Waals surface area contributed by atoms with Crippen molar-refractivity contribution < 1.29 is 4.74 Å². The molecule has 0 bridgehead atoms. The van der Waals surface area contributed by atoms with E-state index in [0.717, 1.165) is 32.2 Å². The van der Waals surface area contributed by atoms with Gasteiger partial charge in [0.25, 0.3) is 0 Å². The second-order valence-corrected chi connectivity index (χ2v) is 5.66. The van der Waals surface area contributed by atoms with E-state index in [0.29, 0.717) is 0 Å². The number of ether oxygens (including phenoxy) is 1. The number of fused-ring (bicyclic) bond motifs is 1. The van der Waals surface area contributed by atoms with E-state index in [1.807, 2.05) is 43.3 Å². The maximum atomic E-state index is 5.30. The topological polar surface area (TPSA) is 46.5 Å². The number of anilines is 1. The minimum Gasteiger partial charge on any atom is -0.495 e. The molecule has 0 radical (unpaired) electrons. The highest BCUT2D eigenvalue weighted by atomic mass is 32.1. The number of hydrogen-bond donors (Lipinski definition) is 1.